The molecule has 1 aromatic rings. The fourth-order valence-electron chi connectivity index (χ4n) is 2.35. The zero-order chi connectivity index (χ0) is 12.2. The maximum Gasteiger partial charge on any atom is 0.319 e. The smallest absolute Gasteiger partial charge is 0.319 e. The third-order valence-electron chi connectivity index (χ3n) is 3.08. The van der Waals surface area contributed by atoms with Crippen molar-refractivity contribution in [3.05, 3.63) is 45.1 Å². The molecule has 2 N–H and O–H groups in total. The quantitative estimate of drug-likeness (QED) is 0.771. The molecular formula is C12H9BrN2O2. The maximum atomic E-state index is 12.2. The van der Waals surface area contributed by atoms with Gasteiger partial charge in [0.25, 0.3) is 0 Å². The fourth-order valence-corrected chi connectivity index (χ4v) is 2.71. The van der Waals surface area contributed by atoms with Crippen LogP contribution >= 0.6 is 15.9 Å². The first kappa shape index (κ1) is 10.5. The van der Waals surface area contributed by atoms with Crippen molar-refractivity contribution < 1.29 is 9.59 Å². The molecule has 0 bridgehead atoms. The Morgan fingerprint density at radius 3 is 2.82 bits per heavy atom. The Morgan fingerprint density at radius 2 is 2.06 bits per heavy atom. The Morgan fingerprint density at radius 1 is 1.29 bits per heavy atom. The van der Waals surface area contributed by atoms with Crippen LogP contribution in [-0.4, -0.2) is 11.8 Å². The van der Waals surface area contributed by atoms with Crippen LogP contribution in [0.2, 0.25) is 0 Å². The molecular weight excluding hydrogens is 284 g/mol. The summed E-state index contributed by atoms with van der Waals surface area (Å²) < 4.78 is 0.862. The van der Waals surface area contributed by atoms with Gasteiger partial charge in [-0.05, 0) is 24.6 Å². The number of urea groups is 1. The highest BCUT2D eigenvalue weighted by Gasteiger charge is 2.39. The zero-order valence-electron chi connectivity index (χ0n) is 9.00. The van der Waals surface area contributed by atoms with Gasteiger partial charge in [-0.2, -0.15) is 0 Å². The minimum absolute atomic E-state index is 0.0173. The van der Waals surface area contributed by atoms with Gasteiger partial charge in [0.1, 0.15) is 0 Å². The minimum atomic E-state index is -0.306. The number of nitrogens with one attached hydrogen (secondary N) is 2. The molecule has 0 saturated carbocycles. The molecule has 1 unspecified atom stereocenters. The molecule has 0 aromatic heterocycles. The number of fused-ring (bicyclic) bond motifs is 3. The standard InChI is InChI=1S/C12H9BrN2O2/c1-5-9-10(15-12(17)14-5)7-3-2-6(13)4-8(7)11(9)16/h2-4,10H,1H3,(H2,14,15,17). The van der Waals surface area contributed by atoms with Gasteiger partial charge in [0.05, 0.1) is 6.04 Å². The average molecular weight is 293 g/mol. The fraction of sp³-hybridized carbons (Fsp3) is 0.167. The highest BCUT2D eigenvalue weighted by atomic mass is 79.9. The van der Waals surface area contributed by atoms with Gasteiger partial charge in [-0.25, -0.2) is 4.79 Å². The number of rotatable bonds is 0. The molecule has 0 spiro atoms. The lowest BCUT2D eigenvalue weighted by molar-refractivity contribution is 0.103. The van der Waals surface area contributed by atoms with E-state index in [0.29, 0.717) is 16.8 Å². The van der Waals surface area contributed by atoms with Crippen LogP contribution in [0.1, 0.15) is 28.9 Å². The van der Waals surface area contributed by atoms with E-state index in [-0.39, 0.29) is 17.9 Å². The first-order chi connectivity index (χ1) is 8.08. The third kappa shape index (κ3) is 1.42. The Balaban J connectivity index is 2.24. The zero-order valence-corrected chi connectivity index (χ0v) is 10.6. The lowest BCUT2D eigenvalue weighted by atomic mass is 10.0. The number of hydrogen-bond acceptors (Lipinski definition) is 2. The number of allylic oxidation sites excluding steroid dienone is 1. The average Bonchev–Trinajstić information content (AvgIpc) is 2.52. The van der Waals surface area contributed by atoms with E-state index in [1.54, 1.807) is 13.0 Å². The van der Waals surface area contributed by atoms with Crippen molar-refractivity contribution in [2.24, 2.45) is 0 Å². The topological polar surface area (TPSA) is 58.2 Å². The van der Waals surface area contributed by atoms with Crippen molar-refractivity contribution in [1.82, 2.24) is 10.6 Å². The molecule has 0 saturated heterocycles. The van der Waals surface area contributed by atoms with E-state index < -0.39 is 0 Å². The number of ketones is 1. The van der Waals surface area contributed by atoms with Crippen molar-refractivity contribution in [2.45, 2.75) is 13.0 Å². The highest BCUT2D eigenvalue weighted by Crippen LogP contribution is 2.39. The predicted molar refractivity (Wildman–Crippen MR) is 65.6 cm³/mol. The third-order valence-corrected chi connectivity index (χ3v) is 3.58. The second-order valence-corrected chi connectivity index (χ2v) is 5.05. The summed E-state index contributed by atoms with van der Waals surface area (Å²) >= 11 is 3.35. The van der Waals surface area contributed by atoms with E-state index in [1.807, 2.05) is 12.1 Å². The summed E-state index contributed by atoms with van der Waals surface area (Å²) in [5.41, 5.74) is 2.79. The molecule has 2 aliphatic rings. The van der Waals surface area contributed by atoms with E-state index in [0.717, 1.165) is 10.0 Å². The van der Waals surface area contributed by atoms with E-state index in [2.05, 4.69) is 26.6 Å². The van der Waals surface area contributed by atoms with Gasteiger partial charge in [-0.1, -0.05) is 22.0 Å². The highest BCUT2D eigenvalue weighted by molar-refractivity contribution is 9.10. The molecule has 1 atom stereocenters. The van der Waals surface area contributed by atoms with E-state index >= 15 is 0 Å². The second-order valence-electron chi connectivity index (χ2n) is 4.13. The maximum absolute atomic E-state index is 12.2. The lowest BCUT2D eigenvalue weighted by Crippen LogP contribution is -2.42. The summed E-state index contributed by atoms with van der Waals surface area (Å²) in [6.07, 6.45) is 0. The van der Waals surface area contributed by atoms with Crippen LogP contribution in [-0.2, 0) is 0 Å². The summed E-state index contributed by atoms with van der Waals surface area (Å²) in [6, 6.07) is 4.97. The first-order valence-electron chi connectivity index (χ1n) is 5.20. The van der Waals surface area contributed by atoms with Crippen molar-refractivity contribution in [2.75, 3.05) is 0 Å². The number of benzene rings is 1. The minimum Gasteiger partial charge on any atom is -0.327 e. The summed E-state index contributed by atoms with van der Waals surface area (Å²) in [4.78, 5) is 23.7. The summed E-state index contributed by atoms with van der Waals surface area (Å²) in [7, 11) is 0. The van der Waals surface area contributed by atoms with Gasteiger partial charge >= 0.3 is 6.03 Å². The molecule has 3 rings (SSSR count). The normalized spacial score (nSPS) is 21.9. The van der Waals surface area contributed by atoms with Gasteiger partial charge in [0.2, 0.25) is 0 Å². The molecule has 2 amide bonds. The van der Waals surface area contributed by atoms with Gasteiger partial charge < -0.3 is 10.6 Å². The van der Waals surface area contributed by atoms with Crippen LogP contribution in [0.15, 0.2) is 33.9 Å². The Labute approximate surface area is 106 Å². The Kier molecular flexibility index (Phi) is 2.13. The molecule has 0 radical (unpaired) electrons. The van der Waals surface area contributed by atoms with Crippen LogP contribution < -0.4 is 10.6 Å². The number of carbonyl (C=O) groups excluding carboxylic acids is 2. The van der Waals surface area contributed by atoms with Crippen LogP contribution in [0.25, 0.3) is 0 Å². The van der Waals surface area contributed by atoms with E-state index in [1.165, 1.54) is 0 Å². The van der Waals surface area contributed by atoms with Gasteiger partial charge in [0.15, 0.2) is 5.78 Å². The SMILES string of the molecule is CC1=C2C(=O)c3cc(Br)ccc3C2NC(=O)N1. The number of carbonyl (C=O) groups is 2. The van der Waals surface area contributed by atoms with E-state index in [9.17, 15) is 9.59 Å². The van der Waals surface area contributed by atoms with Crippen molar-refractivity contribution in [1.29, 1.82) is 0 Å². The number of hydrogen-bond donors (Lipinski definition) is 2. The van der Waals surface area contributed by atoms with Crippen LogP contribution in [0.3, 0.4) is 0 Å². The number of Topliss-reactive ketones (excluding diaryl/α,β-unsaturated/α-hetero) is 1. The molecule has 4 nitrogen and oxygen atoms in total. The predicted octanol–water partition coefficient (Wildman–Crippen LogP) is 2.27. The van der Waals surface area contributed by atoms with Crippen molar-refractivity contribution in [3.63, 3.8) is 0 Å². The molecule has 1 aliphatic heterocycles. The lowest BCUT2D eigenvalue weighted by Gasteiger charge is -2.23. The van der Waals surface area contributed by atoms with Crippen molar-refractivity contribution in [3.8, 4) is 0 Å². The summed E-state index contributed by atoms with van der Waals surface area (Å²) in [5.74, 6) is -0.0173. The first-order valence-corrected chi connectivity index (χ1v) is 5.99. The van der Waals surface area contributed by atoms with Gasteiger partial charge in [-0.3, -0.25) is 4.79 Å². The molecule has 1 aliphatic carbocycles. The Hall–Kier alpha value is -1.62. The van der Waals surface area contributed by atoms with Crippen LogP contribution in [0.4, 0.5) is 4.79 Å². The van der Waals surface area contributed by atoms with Crippen LogP contribution in [0, 0.1) is 0 Å². The van der Waals surface area contributed by atoms with E-state index in [4.69, 9.17) is 0 Å². The summed E-state index contributed by atoms with van der Waals surface area (Å²) in [5, 5.41) is 5.40. The summed E-state index contributed by atoms with van der Waals surface area (Å²) in [6.45, 7) is 1.75. The van der Waals surface area contributed by atoms with Gasteiger partial charge in [0, 0.05) is 21.3 Å². The number of halogens is 1. The number of amides is 2. The van der Waals surface area contributed by atoms with Gasteiger partial charge in [-0.15, -0.1) is 0 Å². The second kappa shape index (κ2) is 3.43. The molecule has 86 valence electrons. The Bertz CT molecular complexity index is 592. The van der Waals surface area contributed by atoms with Crippen molar-refractivity contribution >= 4 is 27.7 Å². The molecule has 1 heterocycles. The molecule has 5 heteroatoms. The molecule has 0 fully saturated rings. The van der Waals surface area contributed by atoms with Crippen LogP contribution in [0.5, 0.6) is 0 Å². The largest absolute Gasteiger partial charge is 0.327 e. The monoisotopic (exact) mass is 292 g/mol. The molecule has 1 aromatic carbocycles. The molecule has 17 heavy (non-hydrogen) atoms.